The normalized spacial score (nSPS) is 10.9. The van der Waals surface area contributed by atoms with Crippen LogP contribution in [0.25, 0.3) is 20.3 Å². The Balaban J connectivity index is 2.42. The van der Waals surface area contributed by atoms with Gasteiger partial charge in [-0.25, -0.2) is 0 Å². The Labute approximate surface area is 108 Å². The molecule has 0 aliphatic rings. The first kappa shape index (κ1) is 11.2. The van der Waals surface area contributed by atoms with Gasteiger partial charge in [0.2, 0.25) is 0 Å². The molecule has 3 nitrogen and oxygen atoms in total. The maximum atomic E-state index is 11.0. The minimum atomic E-state index is 0.510. The van der Waals surface area contributed by atoms with Crippen molar-refractivity contribution < 1.29 is 9.53 Å². The third-order valence-electron chi connectivity index (χ3n) is 2.79. The number of fused-ring (bicyclic) bond motifs is 3. The third-order valence-corrected chi connectivity index (χ3v) is 3.94. The first-order valence-electron chi connectivity index (χ1n) is 5.73. The Morgan fingerprint density at radius 1 is 1.39 bits per heavy atom. The van der Waals surface area contributed by atoms with Gasteiger partial charge in [-0.2, -0.15) is 0 Å². The van der Waals surface area contributed by atoms with Gasteiger partial charge in [0, 0.05) is 16.3 Å². The lowest BCUT2D eigenvalue weighted by Gasteiger charge is -2.06. The molecule has 3 rings (SSSR count). The molecule has 0 spiro atoms. The molecule has 0 fully saturated rings. The number of hydrogen-bond acceptors (Lipinski definition) is 4. The minimum Gasteiger partial charge on any atom is -0.491 e. The van der Waals surface area contributed by atoms with Gasteiger partial charge in [0.15, 0.2) is 12.0 Å². The lowest BCUT2D eigenvalue weighted by Crippen LogP contribution is -1.97. The van der Waals surface area contributed by atoms with Crippen LogP contribution >= 0.6 is 11.3 Å². The fourth-order valence-electron chi connectivity index (χ4n) is 2.01. The standard InChI is InChI=1S/C14H11NO2S/c1-2-17-13-9(8-16)7-15-12-10-5-3-4-6-11(10)18-14(12)13/h3-8H,2H2,1H3. The Kier molecular flexibility index (Phi) is 2.72. The number of pyridine rings is 1. The van der Waals surface area contributed by atoms with Crippen molar-refractivity contribution in [2.45, 2.75) is 6.92 Å². The summed E-state index contributed by atoms with van der Waals surface area (Å²) in [6.45, 7) is 2.45. The van der Waals surface area contributed by atoms with E-state index >= 15 is 0 Å². The predicted molar refractivity (Wildman–Crippen MR) is 73.7 cm³/mol. The fraction of sp³-hybridized carbons (Fsp3) is 0.143. The first-order valence-corrected chi connectivity index (χ1v) is 6.55. The Hall–Kier alpha value is -1.94. The van der Waals surface area contributed by atoms with Gasteiger partial charge in [0.1, 0.15) is 0 Å². The number of aldehydes is 1. The SMILES string of the molecule is CCOc1c(C=O)cnc2c1sc1ccccc12. The molecule has 1 aromatic carbocycles. The van der Waals surface area contributed by atoms with E-state index in [1.165, 1.54) is 0 Å². The fourth-order valence-corrected chi connectivity index (χ4v) is 3.18. The zero-order valence-electron chi connectivity index (χ0n) is 9.84. The van der Waals surface area contributed by atoms with Crippen molar-refractivity contribution in [2.75, 3.05) is 6.61 Å². The molecule has 0 atom stereocenters. The van der Waals surface area contributed by atoms with E-state index in [9.17, 15) is 4.79 Å². The van der Waals surface area contributed by atoms with Gasteiger partial charge in [-0.05, 0) is 13.0 Å². The lowest BCUT2D eigenvalue weighted by atomic mass is 10.2. The molecule has 90 valence electrons. The van der Waals surface area contributed by atoms with Crippen LogP contribution in [0, 0.1) is 0 Å². The number of rotatable bonds is 3. The molecule has 0 amide bonds. The number of ether oxygens (including phenoxy) is 1. The number of carbonyl (C=O) groups is 1. The lowest BCUT2D eigenvalue weighted by molar-refractivity contribution is 0.112. The second kappa shape index (κ2) is 4.38. The number of hydrogen-bond donors (Lipinski definition) is 0. The summed E-state index contributed by atoms with van der Waals surface area (Å²) in [6, 6.07) is 8.08. The van der Waals surface area contributed by atoms with Crippen molar-refractivity contribution in [3.05, 3.63) is 36.0 Å². The smallest absolute Gasteiger partial charge is 0.155 e. The van der Waals surface area contributed by atoms with Crippen LogP contribution in [0.1, 0.15) is 17.3 Å². The highest BCUT2D eigenvalue weighted by molar-refractivity contribution is 7.26. The third kappa shape index (κ3) is 1.57. The average molecular weight is 257 g/mol. The molecule has 0 saturated heterocycles. The monoisotopic (exact) mass is 257 g/mol. The van der Waals surface area contributed by atoms with Crippen LogP contribution in [0.4, 0.5) is 0 Å². The van der Waals surface area contributed by atoms with E-state index in [0.717, 1.165) is 26.6 Å². The topological polar surface area (TPSA) is 39.2 Å². The molecule has 0 aliphatic carbocycles. The average Bonchev–Trinajstić information content (AvgIpc) is 2.78. The minimum absolute atomic E-state index is 0.510. The van der Waals surface area contributed by atoms with Gasteiger partial charge in [0.05, 0.1) is 22.4 Å². The predicted octanol–water partition coefficient (Wildman–Crippen LogP) is 3.66. The van der Waals surface area contributed by atoms with E-state index in [1.807, 2.05) is 25.1 Å². The molecular formula is C14H11NO2S. The van der Waals surface area contributed by atoms with Crippen molar-refractivity contribution in [3.8, 4) is 5.75 Å². The largest absolute Gasteiger partial charge is 0.491 e. The Morgan fingerprint density at radius 2 is 2.22 bits per heavy atom. The highest BCUT2D eigenvalue weighted by Crippen LogP contribution is 2.39. The highest BCUT2D eigenvalue weighted by atomic mass is 32.1. The number of benzene rings is 1. The van der Waals surface area contributed by atoms with Crippen molar-refractivity contribution in [1.82, 2.24) is 4.98 Å². The molecule has 0 N–H and O–H groups in total. The van der Waals surface area contributed by atoms with E-state index in [4.69, 9.17) is 4.74 Å². The highest BCUT2D eigenvalue weighted by Gasteiger charge is 2.14. The van der Waals surface area contributed by atoms with E-state index in [1.54, 1.807) is 17.5 Å². The van der Waals surface area contributed by atoms with Crippen LogP contribution in [0.3, 0.4) is 0 Å². The van der Waals surface area contributed by atoms with Gasteiger partial charge in [-0.1, -0.05) is 18.2 Å². The number of carbonyl (C=O) groups excluding carboxylic acids is 1. The molecular weight excluding hydrogens is 246 g/mol. The van der Waals surface area contributed by atoms with Crippen LogP contribution in [0.15, 0.2) is 30.5 Å². The summed E-state index contributed by atoms with van der Waals surface area (Å²) in [5, 5.41) is 1.11. The molecule has 0 radical (unpaired) electrons. The maximum absolute atomic E-state index is 11.0. The number of nitrogens with zero attached hydrogens (tertiary/aromatic N) is 1. The van der Waals surface area contributed by atoms with Gasteiger partial charge < -0.3 is 4.74 Å². The van der Waals surface area contributed by atoms with Crippen LogP contribution in [-0.2, 0) is 0 Å². The zero-order chi connectivity index (χ0) is 12.5. The Bertz CT molecular complexity index is 733. The molecule has 2 aromatic heterocycles. The second-order valence-electron chi connectivity index (χ2n) is 3.87. The van der Waals surface area contributed by atoms with Gasteiger partial charge >= 0.3 is 0 Å². The van der Waals surface area contributed by atoms with E-state index in [2.05, 4.69) is 11.1 Å². The summed E-state index contributed by atoms with van der Waals surface area (Å²) in [5.41, 5.74) is 1.42. The summed E-state index contributed by atoms with van der Waals surface area (Å²) >= 11 is 1.61. The van der Waals surface area contributed by atoms with Crippen molar-refractivity contribution in [2.24, 2.45) is 0 Å². The summed E-state index contributed by atoms with van der Waals surface area (Å²) in [5.74, 6) is 0.652. The van der Waals surface area contributed by atoms with Gasteiger partial charge in [0.25, 0.3) is 0 Å². The van der Waals surface area contributed by atoms with Crippen LogP contribution in [0.5, 0.6) is 5.75 Å². The maximum Gasteiger partial charge on any atom is 0.155 e. The molecule has 0 bridgehead atoms. The molecule has 18 heavy (non-hydrogen) atoms. The zero-order valence-corrected chi connectivity index (χ0v) is 10.7. The second-order valence-corrected chi connectivity index (χ2v) is 4.92. The summed E-state index contributed by atoms with van der Waals surface area (Å²) in [6.07, 6.45) is 2.38. The van der Waals surface area contributed by atoms with E-state index in [0.29, 0.717) is 17.9 Å². The van der Waals surface area contributed by atoms with Gasteiger partial charge in [-0.3, -0.25) is 9.78 Å². The molecule has 4 heteroatoms. The van der Waals surface area contributed by atoms with E-state index < -0.39 is 0 Å². The quantitative estimate of drug-likeness (QED) is 0.672. The van der Waals surface area contributed by atoms with Crippen molar-refractivity contribution >= 4 is 37.9 Å². The molecule has 0 saturated carbocycles. The molecule has 3 aromatic rings. The van der Waals surface area contributed by atoms with Gasteiger partial charge in [-0.15, -0.1) is 11.3 Å². The van der Waals surface area contributed by atoms with Crippen molar-refractivity contribution in [3.63, 3.8) is 0 Å². The summed E-state index contributed by atoms with van der Waals surface area (Å²) in [4.78, 5) is 15.4. The Morgan fingerprint density at radius 3 is 3.00 bits per heavy atom. The number of thiophene rings is 1. The molecule has 0 unspecified atom stereocenters. The van der Waals surface area contributed by atoms with E-state index in [-0.39, 0.29) is 0 Å². The molecule has 0 aliphatic heterocycles. The van der Waals surface area contributed by atoms with Crippen LogP contribution in [-0.4, -0.2) is 17.9 Å². The summed E-state index contributed by atoms with van der Waals surface area (Å²) in [7, 11) is 0. The van der Waals surface area contributed by atoms with Crippen LogP contribution in [0.2, 0.25) is 0 Å². The summed E-state index contributed by atoms with van der Waals surface area (Å²) < 4.78 is 7.71. The number of aromatic nitrogens is 1. The first-order chi connectivity index (χ1) is 8.85. The van der Waals surface area contributed by atoms with Crippen molar-refractivity contribution in [1.29, 1.82) is 0 Å². The van der Waals surface area contributed by atoms with Crippen LogP contribution < -0.4 is 4.74 Å². The molecule has 2 heterocycles.